The van der Waals surface area contributed by atoms with Crippen LogP contribution in [-0.4, -0.2) is 23.9 Å². The van der Waals surface area contributed by atoms with Gasteiger partial charge in [0.25, 0.3) is 0 Å². The molecule has 1 nitrogen and oxygen atoms in total. The van der Waals surface area contributed by atoms with Crippen molar-refractivity contribution < 1.29 is 4.58 Å². The van der Waals surface area contributed by atoms with Crippen molar-refractivity contribution in [3.05, 3.63) is 0 Å². The molecule has 2 saturated carbocycles. The van der Waals surface area contributed by atoms with Crippen LogP contribution in [0.4, 0.5) is 0 Å². The van der Waals surface area contributed by atoms with Gasteiger partial charge in [-0.1, -0.05) is 34.6 Å². The molecule has 0 bridgehead atoms. The predicted molar refractivity (Wildman–Crippen MR) is 74.6 cm³/mol. The number of fused-ring (bicyclic) bond motifs is 1. The Morgan fingerprint density at radius 3 is 2.12 bits per heavy atom. The molecule has 6 unspecified atom stereocenters. The molecule has 98 valence electrons. The maximum absolute atomic E-state index is 4.35. The molecule has 2 rings (SSSR count). The van der Waals surface area contributed by atoms with Crippen LogP contribution in [0, 0.1) is 35.5 Å². The molecular formula is C16H30N+. The highest BCUT2D eigenvalue weighted by molar-refractivity contribution is 5.16. The van der Waals surface area contributed by atoms with E-state index in [4.69, 9.17) is 0 Å². The molecular weight excluding hydrogens is 206 g/mol. The van der Waals surface area contributed by atoms with Crippen LogP contribution in [0.1, 0.15) is 47.5 Å². The highest BCUT2D eigenvalue weighted by Gasteiger charge is 2.54. The van der Waals surface area contributed by atoms with Crippen molar-refractivity contribution in [3.8, 4) is 0 Å². The summed E-state index contributed by atoms with van der Waals surface area (Å²) >= 11 is 0. The lowest BCUT2D eigenvalue weighted by Gasteiger charge is -2.22. The highest BCUT2D eigenvalue weighted by atomic mass is 15.0. The van der Waals surface area contributed by atoms with Gasteiger partial charge in [-0.15, -0.1) is 0 Å². The Kier molecular flexibility index (Phi) is 3.66. The van der Waals surface area contributed by atoms with Gasteiger partial charge in [-0.2, -0.15) is 0 Å². The molecule has 0 aromatic carbocycles. The summed E-state index contributed by atoms with van der Waals surface area (Å²) in [6.07, 6.45) is 2.81. The van der Waals surface area contributed by atoms with Gasteiger partial charge >= 0.3 is 0 Å². The molecule has 17 heavy (non-hydrogen) atoms. The number of hydrogen-bond acceptors (Lipinski definition) is 0. The zero-order valence-corrected chi connectivity index (χ0v) is 12.3. The molecule has 0 N–H and O–H groups in total. The van der Waals surface area contributed by atoms with Crippen molar-refractivity contribution in [1.82, 2.24) is 0 Å². The third kappa shape index (κ3) is 2.30. The molecule has 2 aliphatic carbocycles. The van der Waals surface area contributed by atoms with Crippen LogP contribution >= 0.6 is 0 Å². The Morgan fingerprint density at radius 2 is 1.53 bits per heavy atom. The minimum absolute atomic E-state index is 0.732. The summed E-state index contributed by atoms with van der Waals surface area (Å²) in [6.45, 7) is 17.5. The Hall–Kier alpha value is -0.330. The molecule has 0 spiro atoms. The summed E-state index contributed by atoms with van der Waals surface area (Å²) in [5, 5.41) is 0. The first-order chi connectivity index (χ1) is 7.91. The van der Waals surface area contributed by atoms with Crippen LogP contribution in [0.25, 0.3) is 0 Å². The van der Waals surface area contributed by atoms with Crippen molar-refractivity contribution in [2.75, 3.05) is 6.54 Å². The van der Waals surface area contributed by atoms with E-state index in [1.807, 2.05) is 0 Å². The fourth-order valence-electron chi connectivity index (χ4n) is 4.93. The molecule has 0 radical (unpaired) electrons. The minimum atomic E-state index is 0.732. The molecule has 0 saturated heterocycles. The summed E-state index contributed by atoms with van der Waals surface area (Å²) in [7, 11) is 0. The molecule has 0 heterocycles. The lowest BCUT2D eigenvalue weighted by atomic mass is 9.85. The smallest absolute Gasteiger partial charge is 0.155 e. The topological polar surface area (TPSA) is 3.01 Å². The molecule has 0 amide bonds. The van der Waals surface area contributed by atoms with Crippen LogP contribution in [0.3, 0.4) is 0 Å². The van der Waals surface area contributed by atoms with E-state index >= 15 is 0 Å². The van der Waals surface area contributed by atoms with Crippen LogP contribution in [0.5, 0.6) is 0 Å². The first-order valence-corrected chi connectivity index (χ1v) is 7.49. The Labute approximate surface area is 107 Å². The number of rotatable bonds is 3. The predicted octanol–water partition coefficient (Wildman–Crippen LogP) is 3.67. The lowest BCUT2D eigenvalue weighted by molar-refractivity contribution is -0.571. The summed E-state index contributed by atoms with van der Waals surface area (Å²) < 4.78 is 2.42. The maximum Gasteiger partial charge on any atom is 0.155 e. The number of hydrogen-bond donors (Lipinski definition) is 0. The quantitative estimate of drug-likeness (QED) is 0.519. The molecule has 2 aliphatic rings. The second-order valence-electron chi connectivity index (χ2n) is 7.29. The van der Waals surface area contributed by atoms with Gasteiger partial charge < -0.3 is 0 Å². The van der Waals surface area contributed by atoms with Crippen LogP contribution in [-0.2, 0) is 0 Å². The summed E-state index contributed by atoms with van der Waals surface area (Å²) in [6, 6.07) is 0.748. The van der Waals surface area contributed by atoms with Gasteiger partial charge in [-0.05, 0) is 30.1 Å². The van der Waals surface area contributed by atoms with E-state index in [1.165, 1.54) is 12.8 Å². The molecule has 0 aromatic rings. The SMILES string of the molecule is C=[N+](CC(C)C)C1CC(C)C2C(C)CC(C)C21. The zero-order valence-electron chi connectivity index (χ0n) is 12.3. The summed E-state index contributed by atoms with van der Waals surface area (Å²) in [5.74, 6) is 5.35. The van der Waals surface area contributed by atoms with Crippen molar-refractivity contribution in [3.63, 3.8) is 0 Å². The van der Waals surface area contributed by atoms with Gasteiger partial charge in [-0.3, -0.25) is 0 Å². The third-order valence-corrected chi connectivity index (χ3v) is 5.29. The first-order valence-electron chi connectivity index (χ1n) is 7.49. The van der Waals surface area contributed by atoms with Gasteiger partial charge in [0.2, 0.25) is 0 Å². The van der Waals surface area contributed by atoms with Crippen LogP contribution in [0.15, 0.2) is 0 Å². The van der Waals surface area contributed by atoms with E-state index in [1.54, 1.807) is 0 Å². The van der Waals surface area contributed by atoms with Gasteiger partial charge in [0.05, 0.1) is 0 Å². The van der Waals surface area contributed by atoms with E-state index < -0.39 is 0 Å². The van der Waals surface area contributed by atoms with Gasteiger partial charge in [0.15, 0.2) is 6.04 Å². The molecule has 0 aromatic heterocycles. The molecule has 2 fully saturated rings. The number of nitrogens with zero attached hydrogens (tertiary/aromatic N) is 1. The zero-order chi connectivity index (χ0) is 12.7. The average Bonchev–Trinajstić information content (AvgIpc) is 2.67. The van der Waals surface area contributed by atoms with E-state index in [-0.39, 0.29) is 0 Å². The Balaban J connectivity index is 2.12. The fraction of sp³-hybridized carbons (Fsp3) is 0.938. The van der Waals surface area contributed by atoms with Crippen LogP contribution < -0.4 is 0 Å². The highest BCUT2D eigenvalue weighted by Crippen LogP contribution is 2.54. The normalized spacial score (nSPS) is 45.3. The molecule has 1 heteroatoms. The Morgan fingerprint density at radius 1 is 1.00 bits per heavy atom. The monoisotopic (exact) mass is 236 g/mol. The van der Waals surface area contributed by atoms with Crippen LogP contribution in [0.2, 0.25) is 0 Å². The lowest BCUT2D eigenvalue weighted by Crippen LogP contribution is -2.34. The largest absolute Gasteiger partial charge is 0.239 e. The standard InChI is InChI=1S/C16H30N/c1-10(2)9-17(6)14-8-13(5)15-11(3)7-12(4)16(14)15/h10-16H,6-9H2,1-5H3/q+1. The van der Waals surface area contributed by atoms with Crippen molar-refractivity contribution in [1.29, 1.82) is 0 Å². The van der Waals surface area contributed by atoms with Gasteiger partial charge in [0, 0.05) is 18.3 Å². The van der Waals surface area contributed by atoms with E-state index in [9.17, 15) is 0 Å². The van der Waals surface area contributed by atoms with Crippen molar-refractivity contribution >= 4 is 6.72 Å². The second kappa shape index (κ2) is 4.74. The third-order valence-electron chi connectivity index (χ3n) is 5.29. The van der Waals surface area contributed by atoms with Gasteiger partial charge in [-0.25, -0.2) is 4.58 Å². The van der Waals surface area contributed by atoms with Crippen molar-refractivity contribution in [2.24, 2.45) is 35.5 Å². The van der Waals surface area contributed by atoms with E-state index in [0.717, 1.165) is 48.1 Å². The summed E-state index contributed by atoms with van der Waals surface area (Å²) in [4.78, 5) is 0. The minimum Gasteiger partial charge on any atom is -0.239 e. The van der Waals surface area contributed by atoms with Gasteiger partial charge in [0.1, 0.15) is 13.3 Å². The average molecular weight is 236 g/mol. The summed E-state index contributed by atoms with van der Waals surface area (Å²) in [5.41, 5.74) is 0. The van der Waals surface area contributed by atoms with E-state index in [0.29, 0.717) is 0 Å². The van der Waals surface area contributed by atoms with E-state index in [2.05, 4.69) is 45.9 Å². The first kappa shape index (κ1) is 13.1. The maximum atomic E-state index is 4.35. The Bertz CT molecular complexity index is 294. The van der Waals surface area contributed by atoms with Crippen molar-refractivity contribution in [2.45, 2.75) is 53.5 Å². The fourth-order valence-corrected chi connectivity index (χ4v) is 4.93. The molecule has 0 aliphatic heterocycles. The second-order valence-corrected chi connectivity index (χ2v) is 7.29. The molecule has 6 atom stereocenters.